The average Bonchev–Trinajstić information content (AvgIpc) is 3.18. The first kappa shape index (κ1) is 18.3. The van der Waals surface area contributed by atoms with Crippen LogP contribution in [0, 0.1) is 0 Å². The van der Waals surface area contributed by atoms with E-state index in [-0.39, 0.29) is 11.3 Å². The van der Waals surface area contributed by atoms with E-state index in [0.29, 0.717) is 11.4 Å². The summed E-state index contributed by atoms with van der Waals surface area (Å²) in [6.07, 6.45) is 1.71. The van der Waals surface area contributed by atoms with Crippen molar-refractivity contribution in [1.29, 1.82) is 0 Å². The van der Waals surface area contributed by atoms with Gasteiger partial charge in [0.05, 0.1) is 5.69 Å². The van der Waals surface area contributed by atoms with Crippen LogP contribution in [-0.2, 0) is 16.0 Å². The Labute approximate surface area is 158 Å². The molecule has 0 spiro atoms. The van der Waals surface area contributed by atoms with Gasteiger partial charge in [-0.25, -0.2) is 0 Å². The van der Waals surface area contributed by atoms with Crippen LogP contribution in [0.5, 0.6) is 0 Å². The highest BCUT2D eigenvalue weighted by Gasteiger charge is 2.28. The molecule has 3 N–H and O–H groups in total. The van der Waals surface area contributed by atoms with Gasteiger partial charge in [0.2, 0.25) is 5.78 Å². The maximum Gasteiger partial charge on any atom is 0.287 e. The molecule has 0 bridgehead atoms. The van der Waals surface area contributed by atoms with Gasteiger partial charge in [0.1, 0.15) is 16.6 Å². The fourth-order valence-corrected chi connectivity index (χ4v) is 3.04. The number of aromatic nitrogens is 3. The molecule has 0 fully saturated rings. The molecular weight excluding hydrogens is 366 g/mol. The molecule has 3 aromatic rings. The number of nitrogens with zero attached hydrogens (tertiary/aromatic N) is 3. The Hall–Kier alpha value is -3.46. The first-order valence-corrected chi connectivity index (χ1v) is 8.76. The van der Waals surface area contributed by atoms with Gasteiger partial charge in [-0.1, -0.05) is 40.9 Å². The number of nitrogens with one attached hydrogen (secondary N) is 1. The number of hydrogen-bond acceptors (Lipinski definition) is 7. The van der Waals surface area contributed by atoms with E-state index in [0.717, 1.165) is 17.1 Å². The van der Waals surface area contributed by atoms with Crippen molar-refractivity contribution in [2.45, 2.75) is 12.5 Å². The Balaban J connectivity index is 1.84. The minimum Gasteiger partial charge on any atom is -0.363 e. The molecule has 8 nitrogen and oxygen atoms in total. The van der Waals surface area contributed by atoms with E-state index in [9.17, 15) is 14.4 Å². The second-order valence-electron chi connectivity index (χ2n) is 5.61. The van der Waals surface area contributed by atoms with Crippen LogP contribution in [0.25, 0.3) is 11.4 Å². The van der Waals surface area contributed by atoms with Crippen molar-refractivity contribution in [3.8, 4) is 11.4 Å². The first-order chi connectivity index (χ1) is 13.1. The topological polar surface area (TPSA) is 128 Å². The van der Waals surface area contributed by atoms with Crippen molar-refractivity contribution in [2.75, 3.05) is 0 Å². The molecular formula is C18H15N5O3S. The van der Waals surface area contributed by atoms with Gasteiger partial charge in [-0.3, -0.25) is 19.4 Å². The SMILES string of the molecule is NC(=O)C(=O)C(Cc1ccccc1)NC(=O)c1snnc1-c1ccccn1. The molecule has 2 aromatic heterocycles. The quantitative estimate of drug-likeness (QED) is 0.588. The number of rotatable bonds is 7. The second kappa shape index (κ2) is 8.28. The van der Waals surface area contributed by atoms with E-state index in [4.69, 9.17) is 5.73 Å². The highest BCUT2D eigenvalue weighted by atomic mass is 32.1. The minimum absolute atomic E-state index is 0.138. The van der Waals surface area contributed by atoms with Gasteiger partial charge in [-0.15, -0.1) is 5.10 Å². The number of carbonyl (C=O) groups excluding carboxylic acids is 3. The fourth-order valence-electron chi connectivity index (χ4n) is 2.46. The Kier molecular flexibility index (Phi) is 5.62. The lowest BCUT2D eigenvalue weighted by atomic mass is 10.0. The molecule has 0 aliphatic carbocycles. The average molecular weight is 381 g/mol. The highest BCUT2D eigenvalue weighted by Crippen LogP contribution is 2.21. The number of primary amides is 1. The molecule has 3 rings (SSSR count). The number of Topliss-reactive ketones (excluding diaryl/α,β-unsaturated/α-hetero) is 1. The highest BCUT2D eigenvalue weighted by molar-refractivity contribution is 7.08. The van der Waals surface area contributed by atoms with E-state index in [1.165, 1.54) is 0 Å². The lowest BCUT2D eigenvalue weighted by Gasteiger charge is -2.16. The van der Waals surface area contributed by atoms with Gasteiger partial charge in [0, 0.05) is 12.6 Å². The third-order valence-electron chi connectivity index (χ3n) is 3.75. The summed E-state index contributed by atoms with van der Waals surface area (Å²) in [6, 6.07) is 13.1. The van der Waals surface area contributed by atoms with E-state index in [1.54, 1.807) is 48.7 Å². The van der Waals surface area contributed by atoms with Crippen molar-refractivity contribution >= 4 is 29.1 Å². The smallest absolute Gasteiger partial charge is 0.287 e. The van der Waals surface area contributed by atoms with Crippen LogP contribution < -0.4 is 11.1 Å². The fraction of sp³-hybridized carbons (Fsp3) is 0.111. The molecule has 0 saturated heterocycles. The molecule has 2 amide bonds. The maximum absolute atomic E-state index is 12.7. The van der Waals surface area contributed by atoms with Gasteiger partial charge in [-0.2, -0.15) is 0 Å². The van der Waals surface area contributed by atoms with Crippen LogP contribution in [0.1, 0.15) is 15.2 Å². The number of carbonyl (C=O) groups is 3. The van der Waals surface area contributed by atoms with Gasteiger partial charge in [0.25, 0.3) is 11.8 Å². The largest absolute Gasteiger partial charge is 0.363 e. The zero-order chi connectivity index (χ0) is 19.2. The molecule has 9 heteroatoms. The van der Waals surface area contributed by atoms with Gasteiger partial charge < -0.3 is 11.1 Å². The summed E-state index contributed by atoms with van der Waals surface area (Å²) in [7, 11) is 0. The summed E-state index contributed by atoms with van der Waals surface area (Å²) in [4.78, 5) is 40.6. The molecule has 136 valence electrons. The van der Waals surface area contributed by atoms with Crippen LogP contribution in [0.15, 0.2) is 54.7 Å². The zero-order valence-corrected chi connectivity index (χ0v) is 14.8. The molecule has 0 aliphatic rings. The van der Waals surface area contributed by atoms with Crippen LogP contribution in [0.4, 0.5) is 0 Å². The third kappa shape index (κ3) is 4.39. The van der Waals surface area contributed by atoms with E-state index in [2.05, 4.69) is 19.9 Å². The van der Waals surface area contributed by atoms with Gasteiger partial charge in [0.15, 0.2) is 0 Å². The zero-order valence-electron chi connectivity index (χ0n) is 14.0. The maximum atomic E-state index is 12.7. The number of nitrogens with two attached hydrogens (primary N) is 1. The standard InChI is InChI=1S/C18H15N5O3S/c19-17(25)15(24)13(10-11-6-2-1-3-7-11)21-18(26)16-14(22-23-27-16)12-8-4-5-9-20-12/h1-9,13H,10H2,(H2,19,25)(H,21,26). The summed E-state index contributed by atoms with van der Waals surface area (Å²) in [5, 5.41) is 6.52. The van der Waals surface area contributed by atoms with Crippen molar-refractivity contribution in [3.63, 3.8) is 0 Å². The second-order valence-corrected chi connectivity index (χ2v) is 6.36. The van der Waals surface area contributed by atoms with E-state index < -0.39 is 23.6 Å². The Bertz CT molecular complexity index is 959. The van der Waals surface area contributed by atoms with Crippen LogP contribution >= 0.6 is 11.5 Å². The Morgan fingerprint density at radius 3 is 2.48 bits per heavy atom. The van der Waals surface area contributed by atoms with Crippen molar-refractivity contribution in [3.05, 3.63) is 65.2 Å². The van der Waals surface area contributed by atoms with Gasteiger partial charge >= 0.3 is 0 Å². The molecule has 0 saturated carbocycles. The molecule has 27 heavy (non-hydrogen) atoms. The number of hydrogen-bond donors (Lipinski definition) is 2. The predicted molar refractivity (Wildman–Crippen MR) is 98.7 cm³/mol. The monoisotopic (exact) mass is 381 g/mol. The predicted octanol–water partition coefficient (Wildman–Crippen LogP) is 0.996. The summed E-state index contributed by atoms with van der Waals surface area (Å²) < 4.78 is 3.81. The number of pyridine rings is 1. The van der Waals surface area contributed by atoms with E-state index >= 15 is 0 Å². The molecule has 0 radical (unpaired) electrons. The minimum atomic E-state index is -1.11. The normalized spacial score (nSPS) is 11.6. The lowest BCUT2D eigenvalue weighted by molar-refractivity contribution is -0.137. The molecule has 1 aromatic carbocycles. The van der Waals surface area contributed by atoms with Crippen LogP contribution in [-0.4, -0.2) is 38.2 Å². The molecule has 2 heterocycles. The summed E-state index contributed by atoms with van der Waals surface area (Å²) in [6.45, 7) is 0. The van der Waals surface area contributed by atoms with E-state index in [1.807, 2.05) is 6.07 Å². The van der Waals surface area contributed by atoms with Crippen molar-refractivity contribution < 1.29 is 14.4 Å². The summed E-state index contributed by atoms with van der Waals surface area (Å²) in [5.41, 5.74) is 6.71. The summed E-state index contributed by atoms with van der Waals surface area (Å²) in [5.74, 6) is -2.55. The molecule has 1 atom stereocenters. The number of amides is 2. The molecule has 1 unspecified atom stereocenters. The van der Waals surface area contributed by atoms with Crippen molar-refractivity contribution in [1.82, 2.24) is 19.9 Å². The van der Waals surface area contributed by atoms with Crippen molar-refractivity contribution in [2.24, 2.45) is 5.73 Å². The lowest BCUT2D eigenvalue weighted by Crippen LogP contribution is -2.47. The van der Waals surface area contributed by atoms with Crippen LogP contribution in [0.3, 0.4) is 0 Å². The Morgan fingerprint density at radius 2 is 1.81 bits per heavy atom. The third-order valence-corrected chi connectivity index (χ3v) is 4.47. The number of benzene rings is 1. The van der Waals surface area contributed by atoms with Crippen LogP contribution in [0.2, 0.25) is 0 Å². The van der Waals surface area contributed by atoms with Gasteiger partial charge in [-0.05, 0) is 29.2 Å². The number of ketones is 1. The molecule has 0 aliphatic heterocycles. The summed E-state index contributed by atoms with van der Waals surface area (Å²) >= 11 is 0.880. The Morgan fingerprint density at radius 1 is 1.07 bits per heavy atom. The first-order valence-electron chi connectivity index (χ1n) is 7.98.